The third-order valence-electron chi connectivity index (χ3n) is 4.26. The van der Waals surface area contributed by atoms with Crippen molar-refractivity contribution in [2.24, 2.45) is 0 Å². The van der Waals surface area contributed by atoms with E-state index in [0.717, 1.165) is 29.0 Å². The Kier molecular flexibility index (Phi) is 4.76. The minimum atomic E-state index is -0.187. The number of tetrazole rings is 1. The number of thiophene rings is 1. The van der Waals surface area contributed by atoms with Crippen LogP contribution in [0.5, 0.6) is 11.5 Å². The molecule has 1 aliphatic rings. The fourth-order valence-electron chi connectivity index (χ4n) is 3.09. The molecule has 9 heteroatoms. The number of aromatic nitrogens is 4. The van der Waals surface area contributed by atoms with Gasteiger partial charge in [0.2, 0.25) is 0 Å². The molecule has 1 amide bonds. The molecule has 1 aliphatic heterocycles. The van der Waals surface area contributed by atoms with Gasteiger partial charge in [-0.05, 0) is 47.9 Å². The van der Waals surface area contributed by atoms with E-state index in [1.807, 2.05) is 37.4 Å². The summed E-state index contributed by atoms with van der Waals surface area (Å²) in [5.41, 5.74) is 2.68. The molecular formula is C18H19N5O3S. The van der Waals surface area contributed by atoms with Crippen LogP contribution in [0, 0.1) is 0 Å². The van der Waals surface area contributed by atoms with Gasteiger partial charge in [-0.25, -0.2) is 0 Å². The van der Waals surface area contributed by atoms with E-state index in [4.69, 9.17) is 9.47 Å². The average Bonchev–Trinajstić information content (AvgIpc) is 3.38. The summed E-state index contributed by atoms with van der Waals surface area (Å²) < 4.78 is 13.1. The molecule has 0 bridgehead atoms. The van der Waals surface area contributed by atoms with E-state index < -0.39 is 0 Å². The molecule has 0 fully saturated rings. The quantitative estimate of drug-likeness (QED) is 0.701. The number of fused-ring (bicyclic) bond motifs is 1. The van der Waals surface area contributed by atoms with Crippen molar-refractivity contribution < 1.29 is 14.3 Å². The van der Waals surface area contributed by atoms with Gasteiger partial charge in [-0.1, -0.05) is 0 Å². The summed E-state index contributed by atoms with van der Waals surface area (Å²) in [6.45, 7) is 4.88. The predicted molar refractivity (Wildman–Crippen MR) is 99.6 cm³/mol. The van der Waals surface area contributed by atoms with Crippen LogP contribution >= 0.6 is 11.3 Å². The Morgan fingerprint density at radius 3 is 3.15 bits per heavy atom. The minimum absolute atomic E-state index is 0.157. The van der Waals surface area contributed by atoms with Gasteiger partial charge < -0.3 is 14.8 Å². The summed E-state index contributed by atoms with van der Waals surface area (Å²) >= 11 is 1.34. The van der Waals surface area contributed by atoms with Crippen LogP contribution in [0.15, 0.2) is 29.9 Å². The molecule has 1 N–H and O–H groups in total. The van der Waals surface area contributed by atoms with Gasteiger partial charge in [0, 0.05) is 24.1 Å². The number of ether oxygens (including phenoxy) is 2. The van der Waals surface area contributed by atoms with E-state index in [0.29, 0.717) is 23.7 Å². The number of hydrogen-bond donors (Lipinski definition) is 1. The molecule has 0 spiro atoms. The second kappa shape index (κ2) is 7.36. The molecule has 0 aliphatic carbocycles. The molecule has 1 aromatic carbocycles. The SMILES string of the molecule is CCOc1cc2c(cc1CNC(=O)c1sccc1-n1cnnn1)OC(C)C2. The Hall–Kier alpha value is -2.94. The van der Waals surface area contributed by atoms with Crippen molar-refractivity contribution in [3.8, 4) is 17.2 Å². The zero-order valence-electron chi connectivity index (χ0n) is 15.0. The molecule has 2 aromatic heterocycles. The van der Waals surface area contributed by atoms with Crippen LogP contribution < -0.4 is 14.8 Å². The first kappa shape index (κ1) is 17.5. The molecule has 0 saturated heterocycles. The van der Waals surface area contributed by atoms with Crippen LogP contribution in [-0.2, 0) is 13.0 Å². The first-order chi connectivity index (χ1) is 13.2. The summed E-state index contributed by atoms with van der Waals surface area (Å²) in [5.74, 6) is 1.45. The molecule has 0 radical (unpaired) electrons. The molecule has 140 valence electrons. The lowest BCUT2D eigenvalue weighted by molar-refractivity contribution is 0.0954. The highest BCUT2D eigenvalue weighted by atomic mass is 32.1. The number of benzene rings is 1. The number of carbonyl (C=O) groups excluding carboxylic acids is 1. The van der Waals surface area contributed by atoms with Gasteiger partial charge >= 0.3 is 0 Å². The molecule has 8 nitrogen and oxygen atoms in total. The smallest absolute Gasteiger partial charge is 0.263 e. The molecule has 4 rings (SSSR count). The van der Waals surface area contributed by atoms with Gasteiger partial charge in [-0.3, -0.25) is 4.79 Å². The summed E-state index contributed by atoms with van der Waals surface area (Å²) in [5, 5.41) is 15.9. The highest BCUT2D eigenvalue weighted by Crippen LogP contribution is 2.35. The van der Waals surface area contributed by atoms with Crippen molar-refractivity contribution in [1.82, 2.24) is 25.5 Å². The van der Waals surface area contributed by atoms with E-state index in [2.05, 4.69) is 20.8 Å². The second-order valence-electron chi connectivity index (χ2n) is 6.21. The lowest BCUT2D eigenvalue weighted by Crippen LogP contribution is -2.23. The van der Waals surface area contributed by atoms with Gasteiger partial charge in [0.1, 0.15) is 28.8 Å². The number of nitrogens with one attached hydrogen (secondary N) is 1. The Morgan fingerprint density at radius 2 is 2.37 bits per heavy atom. The number of amides is 1. The number of hydrogen-bond acceptors (Lipinski definition) is 7. The summed E-state index contributed by atoms with van der Waals surface area (Å²) in [7, 11) is 0. The van der Waals surface area contributed by atoms with Crippen molar-refractivity contribution in [1.29, 1.82) is 0 Å². The van der Waals surface area contributed by atoms with Crippen molar-refractivity contribution in [2.45, 2.75) is 32.9 Å². The van der Waals surface area contributed by atoms with Gasteiger partial charge in [0.05, 0.1) is 12.3 Å². The Morgan fingerprint density at radius 1 is 1.48 bits per heavy atom. The van der Waals surface area contributed by atoms with E-state index in [-0.39, 0.29) is 12.0 Å². The number of rotatable bonds is 6. The molecule has 0 saturated carbocycles. The fraction of sp³-hybridized carbons (Fsp3) is 0.333. The highest BCUT2D eigenvalue weighted by molar-refractivity contribution is 7.12. The highest BCUT2D eigenvalue weighted by Gasteiger charge is 2.22. The first-order valence-electron chi connectivity index (χ1n) is 8.70. The van der Waals surface area contributed by atoms with Crippen LogP contribution in [0.4, 0.5) is 0 Å². The zero-order valence-corrected chi connectivity index (χ0v) is 15.8. The Balaban J connectivity index is 1.53. The third-order valence-corrected chi connectivity index (χ3v) is 5.17. The van der Waals surface area contributed by atoms with Gasteiger partial charge in [-0.2, -0.15) is 4.68 Å². The van der Waals surface area contributed by atoms with Gasteiger partial charge in [-0.15, -0.1) is 16.4 Å². The third kappa shape index (κ3) is 3.50. The summed E-state index contributed by atoms with van der Waals surface area (Å²) in [4.78, 5) is 13.2. The number of carbonyl (C=O) groups is 1. The van der Waals surface area contributed by atoms with Crippen molar-refractivity contribution in [2.75, 3.05) is 6.61 Å². The van der Waals surface area contributed by atoms with Crippen molar-refractivity contribution >= 4 is 17.2 Å². The maximum Gasteiger partial charge on any atom is 0.263 e. The predicted octanol–water partition coefficient (Wildman–Crippen LogP) is 2.38. The largest absolute Gasteiger partial charge is 0.494 e. The van der Waals surface area contributed by atoms with E-state index in [1.54, 1.807) is 0 Å². The topological polar surface area (TPSA) is 91.2 Å². The maximum atomic E-state index is 12.7. The minimum Gasteiger partial charge on any atom is -0.494 e. The lowest BCUT2D eigenvalue weighted by atomic mass is 10.1. The summed E-state index contributed by atoms with van der Waals surface area (Å²) in [6.07, 6.45) is 2.49. The molecule has 3 aromatic rings. The van der Waals surface area contributed by atoms with Gasteiger partial charge in [0.15, 0.2) is 0 Å². The molecular weight excluding hydrogens is 366 g/mol. The monoisotopic (exact) mass is 385 g/mol. The van der Waals surface area contributed by atoms with Crippen LogP contribution in [0.3, 0.4) is 0 Å². The van der Waals surface area contributed by atoms with Gasteiger partial charge in [0.25, 0.3) is 5.91 Å². The van der Waals surface area contributed by atoms with Crippen LogP contribution in [0.25, 0.3) is 5.69 Å². The average molecular weight is 385 g/mol. The normalized spacial score (nSPS) is 15.3. The lowest BCUT2D eigenvalue weighted by Gasteiger charge is -2.13. The van der Waals surface area contributed by atoms with Crippen LogP contribution in [-0.4, -0.2) is 38.8 Å². The van der Waals surface area contributed by atoms with Crippen LogP contribution in [0.1, 0.15) is 34.6 Å². The van der Waals surface area contributed by atoms with E-state index in [1.165, 1.54) is 22.3 Å². The van der Waals surface area contributed by atoms with Crippen molar-refractivity contribution in [3.63, 3.8) is 0 Å². The molecule has 1 atom stereocenters. The van der Waals surface area contributed by atoms with E-state index in [9.17, 15) is 4.79 Å². The maximum absolute atomic E-state index is 12.7. The number of nitrogens with zero attached hydrogens (tertiary/aromatic N) is 4. The Bertz CT molecular complexity index is 954. The summed E-state index contributed by atoms with van der Waals surface area (Å²) in [6, 6.07) is 5.79. The standard InChI is InChI=1S/C18H19N5O3S/c1-3-25-15-7-12-6-11(2)26-16(12)8-13(15)9-19-18(24)17-14(4-5-27-17)23-10-20-21-22-23/h4-5,7-8,10-11H,3,6,9H2,1-2H3,(H,19,24). The molecule has 3 heterocycles. The first-order valence-corrected chi connectivity index (χ1v) is 9.58. The second-order valence-corrected chi connectivity index (χ2v) is 7.12. The van der Waals surface area contributed by atoms with E-state index >= 15 is 0 Å². The van der Waals surface area contributed by atoms with Crippen molar-refractivity contribution in [3.05, 3.63) is 45.9 Å². The Labute approximate surface area is 160 Å². The fourth-order valence-corrected chi connectivity index (χ4v) is 3.88. The van der Waals surface area contributed by atoms with Crippen LogP contribution in [0.2, 0.25) is 0 Å². The molecule has 1 unspecified atom stereocenters. The zero-order chi connectivity index (χ0) is 18.8. The molecule has 27 heavy (non-hydrogen) atoms.